The number of fused-ring (bicyclic) bond motifs is 3. The van der Waals surface area contributed by atoms with Crippen molar-refractivity contribution in [3.05, 3.63) is 157 Å². The molecule has 0 aliphatic rings. The van der Waals surface area contributed by atoms with Crippen LogP contribution in [0.1, 0.15) is 5.56 Å². The van der Waals surface area contributed by atoms with E-state index in [0.717, 1.165) is 61.0 Å². The standard InChI is InChI=1S/C46H28B5N5/c1-27-12-8-10-18-35(27)55(43-41(50)39(48)38(47)40(49)42(43)51)32-24-25-37-34(26-32)33-17-9-11-19-36(33)56(37)46-53-44(30-15-6-3-7-16-30)52-45(54-46)31-22-20-29(21-23-31)28-13-4-2-5-14-28/h2-26H,1H3. The third-order valence-electron chi connectivity index (χ3n) is 10.3. The predicted molar refractivity (Wildman–Crippen MR) is 237 cm³/mol. The van der Waals surface area contributed by atoms with Crippen LogP contribution in [-0.2, 0) is 0 Å². The maximum Gasteiger partial charge on any atom is 0.238 e. The number of nitrogens with zero attached hydrogens (tertiary/aromatic N) is 5. The van der Waals surface area contributed by atoms with Gasteiger partial charge in [-0.15, -0.1) is 16.4 Å². The van der Waals surface area contributed by atoms with E-state index in [-0.39, 0.29) is 27.3 Å². The third kappa shape index (κ3) is 6.02. The topological polar surface area (TPSA) is 46.8 Å². The predicted octanol–water partition coefficient (Wildman–Crippen LogP) is 5.72. The SMILES string of the molecule is [B]c1c([B])c([B])c(N(c2ccc3c(c2)c2ccccc2n3-c2nc(-c3ccccc3)nc(-c3ccc(-c4ccccc4)cc3)n2)c2ccccc2C)c([B])c1[B]. The number of para-hydroxylation sites is 2. The average Bonchev–Trinajstić information content (AvgIpc) is 3.58. The summed E-state index contributed by atoms with van der Waals surface area (Å²) in [6, 6.07) is 51.0. The van der Waals surface area contributed by atoms with Crippen LogP contribution in [0.25, 0.3) is 61.7 Å². The van der Waals surface area contributed by atoms with E-state index < -0.39 is 0 Å². The van der Waals surface area contributed by atoms with Gasteiger partial charge in [0.1, 0.15) is 39.2 Å². The zero-order valence-corrected chi connectivity index (χ0v) is 30.6. The monoisotopic (exact) mass is 705 g/mol. The third-order valence-corrected chi connectivity index (χ3v) is 10.3. The number of benzene rings is 7. The van der Waals surface area contributed by atoms with Gasteiger partial charge in [-0.25, -0.2) is 4.98 Å². The molecule has 9 rings (SSSR count). The van der Waals surface area contributed by atoms with Gasteiger partial charge in [-0.05, 0) is 53.9 Å². The number of anilines is 3. The van der Waals surface area contributed by atoms with Gasteiger partial charge in [0.25, 0.3) is 0 Å². The number of hydrogen-bond donors (Lipinski definition) is 0. The van der Waals surface area contributed by atoms with Crippen LogP contribution < -0.4 is 32.2 Å². The average molecular weight is 705 g/mol. The largest absolute Gasteiger partial charge is 0.311 e. The van der Waals surface area contributed by atoms with Crippen molar-refractivity contribution in [2.45, 2.75) is 6.92 Å². The van der Waals surface area contributed by atoms with E-state index in [1.54, 1.807) is 0 Å². The molecule has 10 radical (unpaired) electrons. The van der Waals surface area contributed by atoms with Crippen LogP contribution in [0.5, 0.6) is 0 Å². The Labute approximate surface area is 332 Å². The highest BCUT2D eigenvalue weighted by atomic mass is 15.2. The number of rotatable bonds is 7. The maximum absolute atomic E-state index is 6.72. The lowest BCUT2D eigenvalue weighted by molar-refractivity contribution is 0.953. The summed E-state index contributed by atoms with van der Waals surface area (Å²) in [6.45, 7) is 2.03. The minimum atomic E-state index is 0.158. The van der Waals surface area contributed by atoms with E-state index in [9.17, 15) is 0 Å². The first-order valence-electron chi connectivity index (χ1n) is 18.2. The summed E-state index contributed by atoms with van der Waals surface area (Å²) >= 11 is 0. The Kier molecular flexibility index (Phi) is 8.97. The highest BCUT2D eigenvalue weighted by molar-refractivity contribution is 6.69. The molecule has 0 amide bonds. The molecule has 0 saturated heterocycles. The zero-order valence-electron chi connectivity index (χ0n) is 30.6. The highest BCUT2D eigenvalue weighted by Gasteiger charge is 2.23. The second kappa shape index (κ2) is 14.3. The molecule has 2 aromatic heterocycles. The summed E-state index contributed by atoms with van der Waals surface area (Å²) in [4.78, 5) is 17.2. The molecule has 0 aliphatic carbocycles. The van der Waals surface area contributed by atoms with Crippen LogP contribution in [0.3, 0.4) is 0 Å². The van der Waals surface area contributed by atoms with Crippen molar-refractivity contribution >= 4 is 105 Å². The summed E-state index contributed by atoms with van der Waals surface area (Å²) in [5.74, 6) is 1.62. The first kappa shape index (κ1) is 35.2. The second-order valence-electron chi connectivity index (χ2n) is 13.7. The first-order chi connectivity index (χ1) is 27.3. The van der Waals surface area contributed by atoms with Crippen LogP contribution in [-0.4, -0.2) is 58.8 Å². The molecule has 0 aliphatic heterocycles. The van der Waals surface area contributed by atoms with Crippen molar-refractivity contribution in [2.24, 2.45) is 0 Å². The Morgan fingerprint density at radius 1 is 0.446 bits per heavy atom. The quantitative estimate of drug-likeness (QED) is 0.200. The lowest BCUT2D eigenvalue weighted by Gasteiger charge is -2.33. The van der Waals surface area contributed by atoms with E-state index >= 15 is 0 Å². The maximum atomic E-state index is 6.72. The van der Waals surface area contributed by atoms with Crippen molar-refractivity contribution in [3.63, 3.8) is 0 Å². The van der Waals surface area contributed by atoms with Crippen LogP contribution >= 0.6 is 0 Å². The molecular weight excluding hydrogens is 677 g/mol. The van der Waals surface area contributed by atoms with Crippen LogP contribution in [0.2, 0.25) is 0 Å². The smallest absolute Gasteiger partial charge is 0.238 e. The van der Waals surface area contributed by atoms with E-state index in [1.807, 2.05) is 103 Å². The van der Waals surface area contributed by atoms with Crippen molar-refractivity contribution in [3.8, 4) is 39.9 Å². The van der Waals surface area contributed by atoms with Crippen molar-refractivity contribution in [2.75, 3.05) is 4.90 Å². The van der Waals surface area contributed by atoms with E-state index in [2.05, 4.69) is 65.2 Å². The molecule has 10 heteroatoms. The van der Waals surface area contributed by atoms with E-state index in [0.29, 0.717) is 23.3 Å². The van der Waals surface area contributed by atoms with E-state index in [1.165, 1.54) is 0 Å². The fourth-order valence-electron chi connectivity index (χ4n) is 7.35. The van der Waals surface area contributed by atoms with Gasteiger partial charge in [-0.1, -0.05) is 132 Å². The summed E-state index contributed by atoms with van der Waals surface area (Å²) < 4.78 is 2.09. The van der Waals surface area contributed by atoms with E-state index in [4.69, 9.17) is 54.2 Å². The van der Waals surface area contributed by atoms with Gasteiger partial charge < -0.3 is 4.90 Å². The summed E-state index contributed by atoms with van der Waals surface area (Å²) in [6.07, 6.45) is 0. The number of aryl methyl sites for hydroxylation is 1. The molecule has 56 heavy (non-hydrogen) atoms. The van der Waals surface area contributed by atoms with Crippen LogP contribution in [0.15, 0.2) is 152 Å². The molecule has 2 heterocycles. The van der Waals surface area contributed by atoms with Gasteiger partial charge >= 0.3 is 0 Å². The lowest BCUT2D eigenvalue weighted by atomic mass is 9.61. The molecule has 0 spiro atoms. The van der Waals surface area contributed by atoms with Gasteiger partial charge in [0.15, 0.2) is 11.6 Å². The van der Waals surface area contributed by atoms with Crippen molar-refractivity contribution < 1.29 is 0 Å². The minimum absolute atomic E-state index is 0.158. The molecule has 5 nitrogen and oxygen atoms in total. The minimum Gasteiger partial charge on any atom is -0.311 e. The van der Waals surface area contributed by atoms with Gasteiger partial charge in [-0.3, -0.25) is 4.57 Å². The molecule has 0 atom stereocenters. The van der Waals surface area contributed by atoms with Crippen molar-refractivity contribution in [1.29, 1.82) is 0 Å². The zero-order chi connectivity index (χ0) is 38.5. The van der Waals surface area contributed by atoms with Gasteiger partial charge in [-0.2, -0.15) is 9.97 Å². The first-order valence-corrected chi connectivity index (χ1v) is 18.2. The lowest BCUT2D eigenvalue weighted by Crippen LogP contribution is -2.56. The summed E-state index contributed by atoms with van der Waals surface area (Å²) in [5.41, 5.74) is 9.91. The Hall–Kier alpha value is -6.53. The van der Waals surface area contributed by atoms with Gasteiger partial charge in [0, 0.05) is 39.0 Å². The van der Waals surface area contributed by atoms with Gasteiger partial charge in [0.2, 0.25) is 5.95 Å². The molecule has 0 fully saturated rings. The number of hydrogen-bond acceptors (Lipinski definition) is 4. The molecule has 0 N–H and O–H groups in total. The molecule has 0 saturated carbocycles. The Morgan fingerprint density at radius 3 is 1.61 bits per heavy atom. The van der Waals surface area contributed by atoms with Crippen LogP contribution in [0.4, 0.5) is 17.1 Å². The fourth-order valence-corrected chi connectivity index (χ4v) is 7.35. The summed E-state index contributed by atoms with van der Waals surface area (Å²) in [5, 5.41) is 1.96. The molecule has 252 valence electrons. The fraction of sp³-hybridized carbons (Fsp3) is 0.0217. The summed E-state index contributed by atoms with van der Waals surface area (Å²) in [7, 11) is 32.5. The second-order valence-corrected chi connectivity index (χ2v) is 13.7. The highest BCUT2D eigenvalue weighted by Crippen LogP contribution is 2.39. The number of aromatic nitrogens is 4. The molecule has 9 aromatic rings. The molecule has 0 bridgehead atoms. The van der Waals surface area contributed by atoms with Crippen molar-refractivity contribution in [1.82, 2.24) is 19.5 Å². The van der Waals surface area contributed by atoms with Crippen LogP contribution in [0, 0.1) is 6.92 Å². The van der Waals surface area contributed by atoms with Gasteiger partial charge in [0.05, 0.1) is 11.0 Å². The molecule has 0 unspecified atom stereocenters. The Bertz CT molecular complexity index is 2900. The molecule has 7 aromatic carbocycles. The normalized spacial score (nSPS) is 11.3. The Balaban J connectivity index is 1.26. The Morgan fingerprint density at radius 2 is 0.946 bits per heavy atom. The molecular formula is C46H28B5N5.